The predicted molar refractivity (Wildman–Crippen MR) is 74.8 cm³/mol. The second kappa shape index (κ2) is 4.85. The summed E-state index contributed by atoms with van der Waals surface area (Å²) < 4.78 is 2.77. The lowest BCUT2D eigenvalue weighted by Gasteiger charge is -2.16. The van der Waals surface area contributed by atoms with Crippen molar-refractivity contribution in [2.24, 2.45) is 0 Å². The van der Waals surface area contributed by atoms with E-state index in [2.05, 4.69) is 43.2 Å². The second-order valence-electron chi connectivity index (χ2n) is 4.71. The molecule has 0 aliphatic heterocycles. The summed E-state index contributed by atoms with van der Waals surface area (Å²) in [6.45, 7) is 1.92. The zero-order chi connectivity index (χ0) is 12.5. The lowest BCUT2D eigenvalue weighted by Crippen LogP contribution is -2.27. The van der Waals surface area contributed by atoms with E-state index in [-0.39, 0.29) is 0 Å². The van der Waals surface area contributed by atoms with E-state index in [1.54, 1.807) is 6.20 Å². The Kier molecular flexibility index (Phi) is 3.22. The van der Waals surface area contributed by atoms with Gasteiger partial charge in [0.15, 0.2) is 11.5 Å². The van der Waals surface area contributed by atoms with Crippen molar-refractivity contribution < 1.29 is 0 Å². The highest BCUT2D eigenvalue weighted by Gasteiger charge is 2.25. The van der Waals surface area contributed by atoms with Gasteiger partial charge in [0.2, 0.25) is 0 Å². The number of anilines is 1. The van der Waals surface area contributed by atoms with Gasteiger partial charge in [-0.3, -0.25) is 0 Å². The summed E-state index contributed by atoms with van der Waals surface area (Å²) in [5.41, 5.74) is 0.868. The molecule has 0 amide bonds. The van der Waals surface area contributed by atoms with Crippen LogP contribution in [0.2, 0.25) is 0 Å². The molecule has 3 rings (SSSR count). The number of likely N-dealkylation sites (N-methyl/N-ethyl adjacent to an activating group) is 1. The monoisotopic (exact) mass is 309 g/mol. The van der Waals surface area contributed by atoms with Crippen LogP contribution in [0.1, 0.15) is 12.8 Å². The van der Waals surface area contributed by atoms with Crippen LogP contribution in [0.5, 0.6) is 0 Å². The Balaban J connectivity index is 1.67. The number of hydrogen-bond donors (Lipinski definition) is 1. The number of rotatable bonds is 5. The van der Waals surface area contributed by atoms with Crippen LogP contribution in [0.3, 0.4) is 0 Å². The van der Waals surface area contributed by atoms with E-state index in [0.717, 1.165) is 35.2 Å². The molecular weight excluding hydrogens is 294 g/mol. The fraction of sp³-hybridized carbons (Fsp3) is 0.500. The number of hydrogen-bond acceptors (Lipinski definition) is 4. The van der Waals surface area contributed by atoms with Crippen molar-refractivity contribution >= 4 is 27.4 Å². The minimum absolute atomic E-state index is 0.800. The van der Waals surface area contributed by atoms with Crippen LogP contribution in [0.15, 0.2) is 23.2 Å². The number of imidazole rings is 1. The topological polar surface area (TPSA) is 45.5 Å². The Morgan fingerprint density at radius 3 is 3.17 bits per heavy atom. The first kappa shape index (κ1) is 11.9. The van der Waals surface area contributed by atoms with E-state index < -0.39 is 0 Å². The minimum atomic E-state index is 0.800. The average molecular weight is 310 g/mol. The number of nitrogens with one attached hydrogen (secondary N) is 1. The van der Waals surface area contributed by atoms with Gasteiger partial charge in [0.1, 0.15) is 4.60 Å². The highest BCUT2D eigenvalue weighted by molar-refractivity contribution is 9.10. The van der Waals surface area contributed by atoms with Crippen LogP contribution in [0, 0.1) is 0 Å². The largest absolute Gasteiger partial charge is 0.366 e. The molecule has 0 spiro atoms. The third kappa shape index (κ3) is 2.49. The molecule has 2 aromatic heterocycles. The van der Waals surface area contributed by atoms with Crippen LogP contribution in [0.4, 0.5) is 5.82 Å². The lowest BCUT2D eigenvalue weighted by atomic mass is 10.5. The third-order valence-corrected chi connectivity index (χ3v) is 3.65. The molecular formula is C12H16BrN5. The summed E-state index contributed by atoms with van der Waals surface area (Å²) >= 11 is 3.41. The van der Waals surface area contributed by atoms with Crippen molar-refractivity contribution in [3.8, 4) is 0 Å². The molecule has 1 aliphatic carbocycles. The summed E-state index contributed by atoms with van der Waals surface area (Å²) in [6, 6.07) is 0.800. The molecule has 0 bridgehead atoms. The van der Waals surface area contributed by atoms with Gasteiger partial charge in [-0.25, -0.2) is 9.97 Å². The maximum atomic E-state index is 4.43. The number of nitrogens with zero attached hydrogens (tertiary/aromatic N) is 4. The van der Waals surface area contributed by atoms with Crippen LogP contribution in [0.25, 0.3) is 5.65 Å². The summed E-state index contributed by atoms with van der Waals surface area (Å²) in [5.74, 6) is 0.832. The van der Waals surface area contributed by atoms with Gasteiger partial charge in [-0.2, -0.15) is 0 Å². The van der Waals surface area contributed by atoms with Gasteiger partial charge in [-0.1, -0.05) is 0 Å². The fourth-order valence-electron chi connectivity index (χ4n) is 2.07. The minimum Gasteiger partial charge on any atom is -0.366 e. The van der Waals surface area contributed by atoms with Crippen LogP contribution in [-0.2, 0) is 0 Å². The Morgan fingerprint density at radius 2 is 2.39 bits per heavy atom. The Morgan fingerprint density at radius 1 is 1.56 bits per heavy atom. The first-order chi connectivity index (χ1) is 8.74. The smallest absolute Gasteiger partial charge is 0.180 e. The van der Waals surface area contributed by atoms with Gasteiger partial charge in [0, 0.05) is 37.7 Å². The molecule has 0 radical (unpaired) electrons. The Hall–Kier alpha value is -1.14. The molecule has 5 nitrogen and oxygen atoms in total. The molecule has 0 aromatic carbocycles. The van der Waals surface area contributed by atoms with Crippen molar-refractivity contribution in [1.29, 1.82) is 0 Å². The van der Waals surface area contributed by atoms with Crippen molar-refractivity contribution in [3.63, 3.8) is 0 Å². The summed E-state index contributed by atoms with van der Waals surface area (Å²) in [6.07, 6.45) is 8.30. The van der Waals surface area contributed by atoms with Gasteiger partial charge < -0.3 is 14.6 Å². The fourth-order valence-corrected chi connectivity index (χ4v) is 2.47. The van der Waals surface area contributed by atoms with E-state index in [0.29, 0.717) is 0 Å². The van der Waals surface area contributed by atoms with E-state index >= 15 is 0 Å². The normalized spacial score (nSPS) is 15.5. The maximum absolute atomic E-state index is 4.43. The predicted octanol–water partition coefficient (Wildman–Crippen LogP) is 2.00. The number of halogens is 1. The quantitative estimate of drug-likeness (QED) is 0.917. The number of aromatic nitrogens is 3. The molecule has 2 heterocycles. The molecule has 18 heavy (non-hydrogen) atoms. The molecule has 1 fully saturated rings. The molecule has 1 saturated carbocycles. The highest BCUT2D eigenvalue weighted by Crippen LogP contribution is 2.24. The van der Waals surface area contributed by atoms with Crippen LogP contribution in [-0.4, -0.2) is 45.4 Å². The Labute approximate surface area is 114 Å². The SMILES string of the molecule is CN(CCNc1nc(Br)cn2ccnc12)C1CC1. The standard InChI is InChI=1S/C12H16BrN5/c1-17(9-2-3-9)6-4-14-11-12-15-5-7-18(12)8-10(13)16-11/h5,7-9H,2-4,6H2,1H3,(H,14,16). The first-order valence-electron chi connectivity index (χ1n) is 6.17. The first-order valence-corrected chi connectivity index (χ1v) is 6.96. The Bertz CT molecular complexity index is 548. The van der Waals surface area contributed by atoms with Crippen molar-refractivity contribution in [2.45, 2.75) is 18.9 Å². The van der Waals surface area contributed by atoms with Gasteiger partial charge >= 0.3 is 0 Å². The molecule has 1 aliphatic rings. The van der Waals surface area contributed by atoms with Crippen molar-refractivity contribution in [1.82, 2.24) is 19.3 Å². The summed E-state index contributed by atoms with van der Waals surface area (Å²) in [4.78, 5) is 11.1. The van der Waals surface area contributed by atoms with Crippen LogP contribution < -0.4 is 5.32 Å². The lowest BCUT2D eigenvalue weighted by molar-refractivity contribution is 0.337. The van der Waals surface area contributed by atoms with Crippen LogP contribution >= 0.6 is 15.9 Å². The number of fused-ring (bicyclic) bond motifs is 1. The van der Waals surface area contributed by atoms with E-state index in [9.17, 15) is 0 Å². The molecule has 0 unspecified atom stereocenters. The maximum Gasteiger partial charge on any atom is 0.180 e. The molecule has 2 aromatic rings. The van der Waals surface area contributed by atoms with Gasteiger partial charge in [0.25, 0.3) is 0 Å². The van der Waals surface area contributed by atoms with Gasteiger partial charge in [-0.05, 0) is 35.8 Å². The van der Waals surface area contributed by atoms with E-state index in [4.69, 9.17) is 0 Å². The molecule has 1 N–H and O–H groups in total. The zero-order valence-electron chi connectivity index (χ0n) is 10.3. The van der Waals surface area contributed by atoms with Crippen molar-refractivity contribution in [3.05, 3.63) is 23.2 Å². The summed E-state index contributed by atoms with van der Waals surface area (Å²) in [5, 5.41) is 3.36. The molecule has 0 saturated heterocycles. The van der Waals surface area contributed by atoms with Crippen molar-refractivity contribution in [2.75, 3.05) is 25.5 Å². The van der Waals surface area contributed by atoms with Gasteiger partial charge in [0.05, 0.1) is 0 Å². The third-order valence-electron chi connectivity index (χ3n) is 3.27. The zero-order valence-corrected chi connectivity index (χ0v) is 11.9. The second-order valence-corrected chi connectivity index (χ2v) is 5.52. The molecule has 96 valence electrons. The average Bonchev–Trinajstić information content (AvgIpc) is 3.08. The van der Waals surface area contributed by atoms with E-state index in [1.165, 1.54) is 12.8 Å². The summed E-state index contributed by atoms with van der Waals surface area (Å²) in [7, 11) is 2.18. The molecule has 0 atom stereocenters. The van der Waals surface area contributed by atoms with Gasteiger partial charge in [-0.15, -0.1) is 0 Å². The molecule has 6 heteroatoms. The van der Waals surface area contributed by atoms with E-state index in [1.807, 2.05) is 16.8 Å². The highest BCUT2D eigenvalue weighted by atomic mass is 79.9.